The van der Waals surface area contributed by atoms with Crippen molar-refractivity contribution in [1.29, 1.82) is 0 Å². The molecule has 3 aromatic rings. The van der Waals surface area contributed by atoms with E-state index < -0.39 is 11.9 Å². The first kappa shape index (κ1) is 16.1. The van der Waals surface area contributed by atoms with E-state index in [1.165, 1.54) is 0 Å². The molecule has 1 unspecified atom stereocenters. The third-order valence-electron chi connectivity index (χ3n) is 4.64. The number of ketones is 1. The van der Waals surface area contributed by atoms with E-state index in [2.05, 4.69) is 0 Å². The van der Waals surface area contributed by atoms with Gasteiger partial charge in [0.1, 0.15) is 11.5 Å². The molecule has 2 aromatic carbocycles. The quantitative estimate of drug-likeness (QED) is 0.706. The van der Waals surface area contributed by atoms with E-state index in [1.54, 1.807) is 36.4 Å². The summed E-state index contributed by atoms with van der Waals surface area (Å²) in [6.07, 6.45) is 0.523. The van der Waals surface area contributed by atoms with Crippen molar-refractivity contribution in [3.63, 3.8) is 0 Å². The Labute approximate surface area is 150 Å². The molecule has 0 radical (unpaired) electrons. The minimum absolute atomic E-state index is 0.117. The zero-order valence-electron chi connectivity index (χ0n) is 14.0. The van der Waals surface area contributed by atoms with E-state index in [9.17, 15) is 14.7 Å². The number of benzene rings is 2. The lowest BCUT2D eigenvalue weighted by molar-refractivity contribution is -0.138. The second-order valence-electron chi connectivity index (χ2n) is 6.24. The largest absolute Gasteiger partial charge is 0.481 e. The van der Waals surface area contributed by atoms with Crippen molar-refractivity contribution in [3.8, 4) is 11.5 Å². The van der Waals surface area contributed by atoms with Gasteiger partial charge in [-0.05, 0) is 55.0 Å². The molecule has 26 heavy (non-hydrogen) atoms. The van der Waals surface area contributed by atoms with Crippen LogP contribution in [0.15, 0.2) is 66.7 Å². The lowest BCUT2D eigenvalue weighted by Crippen LogP contribution is -2.10. The number of carbonyl (C=O) groups excluding carboxylic acids is 1. The fourth-order valence-corrected chi connectivity index (χ4v) is 3.34. The van der Waals surface area contributed by atoms with Crippen LogP contribution < -0.4 is 4.74 Å². The summed E-state index contributed by atoms with van der Waals surface area (Å²) in [5, 5.41) is 9.26. The maximum Gasteiger partial charge on any atom is 0.312 e. The molecule has 1 aromatic heterocycles. The second kappa shape index (κ2) is 6.52. The van der Waals surface area contributed by atoms with Crippen molar-refractivity contribution in [3.05, 3.63) is 83.7 Å². The van der Waals surface area contributed by atoms with Gasteiger partial charge in [0.15, 0.2) is 0 Å². The maximum atomic E-state index is 12.8. The number of hydrogen-bond donors (Lipinski definition) is 1. The molecule has 1 N–H and O–H groups in total. The number of nitrogens with zero attached hydrogens (tertiary/aromatic N) is 1. The zero-order chi connectivity index (χ0) is 18.1. The smallest absolute Gasteiger partial charge is 0.312 e. The number of ether oxygens (including phenoxy) is 1. The molecule has 0 saturated heterocycles. The summed E-state index contributed by atoms with van der Waals surface area (Å²) in [6, 6.07) is 19.8. The molecule has 0 aliphatic carbocycles. The van der Waals surface area contributed by atoms with Gasteiger partial charge in [0.05, 0.1) is 11.6 Å². The predicted molar refractivity (Wildman–Crippen MR) is 95.8 cm³/mol. The Balaban J connectivity index is 1.54. The third kappa shape index (κ3) is 2.88. The average Bonchev–Trinajstić information content (AvgIpc) is 3.24. The van der Waals surface area contributed by atoms with Gasteiger partial charge in [0, 0.05) is 17.8 Å². The van der Waals surface area contributed by atoms with Crippen molar-refractivity contribution in [2.45, 2.75) is 18.9 Å². The van der Waals surface area contributed by atoms with Gasteiger partial charge in [-0.25, -0.2) is 0 Å². The molecule has 0 saturated carbocycles. The van der Waals surface area contributed by atoms with Gasteiger partial charge < -0.3 is 14.4 Å². The van der Waals surface area contributed by atoms with Gasteiger partial charge in [0.25, 0.3) is 0 Å². The predicted octanol–water partition coefficient (Wildman–Crippen LogP) is 4.08. The molecule has 0 bridgehead atoms. The van der Waals surface area contributed by atoms with Crippen LogP contribution in [0.5, 0.6) is 11.5 Å². The summed E-state index contributed by atoms with van der Waals surface area (Å²) < 4.78 is 7.55. The lowest BCUT2D eigenvalue weighted by atomic mass is 10.1. The normalized spacial score (nSPS) is 15.5. The second-order valence-corrected chi connectivity index (χ2v) is 6.24. The van der Waals surface area contributed by atoms with E-state index in [1.807, 2.05) is 34.9 Å². The number of fused-ring (bicyclic) bond motifs is 1. The molecular weight excluding hydrogens is 330 g/mol. The third-order valence-corrected chi connectivity index (χ3v) is 4.64. The summed E-state index contributed by atoms with van der Waals surface area (Å²) in [6.45, 7) is 0.551. The van der Waals surface area contributed by atoms with Crippen LogP contribution in [0.2, 0.25) is 0 Å². The van der Waals surface area contributed by atoms with E-state index in [4.69, 9.17) is 4.74 Å². The van der Waals surface area contributed by atoms with E-state index in [0.717, 1.165) is 5.75 Å². The molecule has 0 amide bonds. The van der Waals surface area contributed by atoms with Crippen molar-refractivity contribution in [1.82, 2.24) is 4.57 Å². The van der Waals surface area contributed by atoms with Gasteiger partial charge in [-0.1, -0.05) is 18.2 Å². The monoisotopic (exact) mass is 347 g/mol. The highest BCUT2D eigenvalue weighted by Gasteiger charge is 2.31. The summed E-state index contributed by atoms with van der Waals surface area (Å²) in [7, 11) is 0. The van der Waals surface area contributed by atoms with E-state index in [-0.39, 0.29) is 5.78 Å². The summed E-state index contributed by atoms with van der Waals surface area (Å²) in [5.74, 6) is -0.107. The molecule has 1 atom stereocenters. The molecule has 0 fully saturated rings. The van der Waals surface area contributed by atoms with E-state index in [0.29, 0.717) is 35.7 Å². The van der Waals surface area contributed by atoms with Crippen LogP contribution >= 0.6 is 0 Å². The molecule has 130 valence electrons. The fraction of sp³-hybridized carbons (Fsp3) is 0.143. The maximum absolute atomic E-state index is 12.8. The first-order valence-corrected chi connectivity index (χ1v) is 8.43. The molecule has 2 heterocycles. The highest BCUT2D eigenvalue weighted by atomic mass is 16.5. The number of hydrogen-bond acceptors (Lipinski definition) is 3. The van der Waals surface area contributed by atoms with Crippen molar-refractivity contribution in [2.75, 3.05) is 0 Å². The summed E-state index contributed by atoms with van der Waals surface area (Å²) in [4.78, 5) is 24.1. The molecule has 4 rings (SSSR count). The van der Waals surface area contributed by atoms with Crippen LogP contribution in [0.4, 0.5) is 0 Å². The molecular formula is C21H17NO4. The van der Waals surface area contributed by atoms with Crippen molar-refractivity contribution in [2.24, 2.45) is 0 Å². The number of rotatable bonds is 5. The number of carboxylic acids is 1. The highest BCUT2D eigenvalue weighted by molar-refractivity contribution is 6.08. The Hall–Kier alpha value is -3.34. The van der Waals surface area contributed by atoms with Crippen LogP contribution in [0, 0.1) is 0 Å². The van der Waals surface area contributed by atoms with Gasteiger partial charge in [-0.3, -0.25) is 9.59 Å². The summed E-state index contributed by atoms with van der Waals surface area (Å²) >= 11 is 0. The van der Waals surface area contributed by atoms with Crippen LogP contribution in [-0.4, -0.2) is 21.4 Å². The first-order chi connectivity index (χ1) is 12.6. The van der Waals surface area contributed by atoms with E-state index >= 15 is 0 Å². The zero-order valence-corrected chi connectivity index (χ0v) is 14.0. The van der Waals surface area contributed by atoms with Crippen LogP contribution in [0.25, 0.3) is 0 Å². The molecule has 0 spiro atoms. The number of aromatic nitrogens is 1. The number of carboxylic acid groups (broad SMARTS) is 1. The number of aliphatic carboxylic acids is 1. The molecule has 5 nitrogen and oxygen atoms in total. The number of carbonyl (C=O) groups is 2. The van der Waals surface area contributed by atoms with Gasteiger partial charge in [-0.2, -0.15) is 0 Å². The Bertz CT molecular complexity index is 957. The standard InChI is InChI=1S/C21H17NO4/c23-20(19-11-10-18-17(21(24)25)12-13-22(18)19)14-6-8-16(9-7-14)26-15-4-2-1-3-5-15/h1-11,17H,12-13H2,(H,24,25). The molecule has 5 heteroatoms. The van der Waals surface area contributed by atoms with Crippen molar-refractivity contribution >= 4 is 11.8 Å². The Morgan fingerprint density at radius 1 is 0.923 bits per heavy atom. The van der Waals surface area contributed by atoms with Crippen LogP contribution in [-0.2, 0) is 11.3 Å². The lowest BCUT2D eigenvalue weighted by Gasteiger charge is -2.08. The Morgan fingerprint density at radius 3 is 2.31 bits per heavy atom. The fourth-order valence-electron chi connectivity index (χ4n) is 3.34. The van der Waals surface area contributed by atoms with Crippen molar-refractivity contribution < 1.29 is 19.4 Å². The SMILES string of the molecule is O=C(c1ccc(Oc2ccccc2)cc1)c1ccc2n1CCC2C(=O)O. The highest BCUT2D eigenvalue weighted by Crippen LogP contribution is 2.31. The van der Waals surface area contributed by atoms with Crippen LogP contribution in [0.3, 0.4) is 0 Å². The first-order valence-electron chi connectivity index (χ1n) is 8.43. The Morgan fingerprint density at radius 2 is 1.62 bits per heavy atom. The topological polar surface area (TPSA) is 68.5 Å². The minimum Gasteiger partial charge on any atom is -0.481 e. The van der Waals surface area contributed by atoms with Gasteiger partial charge in [0.2, 0.25) is 5.78 Å². The average molecular weight is 347 g/mol. The molecule has 1 aliphatic heterocycles. The summed E-state index contributed by atoms with van der Waals surface area (Å²) in [5.41, 5.74) is 1.77. The van der Waals surface area contributed by atoms with Gasteiger partial charge >= 0.3 is 5.97 Å². The number of para-hydroxylation sites is 1. The van der Waals surface area contributed by atoms with Gasteiger partial charge in [-0.15, -0.1) is 0 Å². The molecule has 1 aliphatic rings. The van der Waals surface area contributed by atoms with Crippen LogP contribution in [0.1, 0.15) is 34.1 Å². The minimum atomic E-state index is -0.844. The Kier molecular flexibility index (Phi) is 4.05.